The third kappa shape index (κ3) is 5.26. The molecule has 176 valence electrons. The van der Waals surface area contributed by atoms with Crippen molar-refractivity contribution >= 4 is 23.2 Å². The van der Waals surface area contributed by atoms with E-state index in [0.29, 0.717) is 23.1 Å². The average Bonchev–Trinajstić information content (AvgIpc) is 3.16. The molecule has 2 saturated heterocycles. The van der Waals surface area contributed by atoms with Gasteiger partial charge < -0.3 is 25.0 Å². The van der Waals surface area contributed by atoms with Crippen LogP contribution in [-0.2, 0) is 4.74 Å². The Labute approximate surface area is 198 Å². The number of anilines is 3. The number of amides is 2. The second-order valence-electron chi connectivity index (χ2n) is 8.81. The number of carbonyl (C=O) groups excluding carboxylic acids is 1. The number of ether oxygens (including phenoxy) is 2. The van der Waals surface area contributed by atoms with E-state index in [1.54, 1.807) is 24.5 Å². The molecule has 0 saturated carbocycles. The Kier molecular flexibility index (Phi) is 6.27. The molecule has 2 fully saturated rings. The number of aromatic nitrogens is 3. The molecule has 2 unspecified atom stereocenters. The molecule has 34 heavy (non-hydrogen) atoms. The summed E-state index contributed by atoms with van der Waals surface area (Å²) in [5.41, 5.74) is 2.17. The van der Waals surface area contributed by atoms with Crippen molar-refractivity contribution in [3.8, 4) is 17.3 Å². The van der Waals surface area contributed by atoms with Crippen LogP contribution in [0.15, 0.2) is 54.9 Å². The zero-order valence-corrected chi connectivity index (χ0v) is 19.3. The molecule has 1 aromatic carbocycles. The summed E-state index contributed by atoms with van der Waals surface area (Å²) in [4.78, 5) is 28.0. The van der Waals surface area contributed by atoms with Gasteiger partial charge in [-0.15, -0.1) is 0 Å². The summed E-state index contributed by atoms with van der Waals surface area (Å²) in [6.07, 6.45) is 5.96. The van der Waals surface area contributed by atoms with E-state index in [4.69, 9.17) is 14.5 Å². The van der Waals surface area contributed by atoms with Gasteiger partial charge in [-0.2, -0.15) is 4.98 Å². The zero-order chi connectivity index (χ0) is 23.5. The molecule has 2 aromatic heterocycles. The molecule has 9 nitrogen and oxygen atoms in total. The Morgan fingerprint density at radius 2 is 1.65 bits per heavy atom. The van der Waals surface area contributed by atoms with Gasteiger partial charge in [-0.1, -0.05) is 0 Å². The maximum absolute atomic E-state index is 12.3. The topological polar surface area (TPSA) is 102 Å². The van der Waals surface area contributed by atoms with E-state index in [2.05, 4.69) is 25.5 Å². The summed E-state index contributed by atoms with van der Waals surface area (Å²) in [6, 6.07) is 12.5. The van der Waals surface area contributed by atoms with Gasteiger partial charge in [0.25, 0.3) is 0 Å². The van der Waals surface area contributed by atoms with E-state index < -0.39 is 0 Å². The van der Waals surface area contributed by atoms with E-state index in [9.17, 15) is 4.79 Å². The number of benzene rings is 1. The highest BCUT2D eigenvalue weighted by atomic mass is 16.5. The lowest BCUT2D eigenvalue weighted by atomic mass is 10.2. The Morgan fingerprint density at radius 1 is 1.00 bits per heavy atom. The SMILES string of the molecule is CC(C)Oc1cc(N2CC3CCC(C2)O3)nc(-c2ccc(NC(=O)Nc3ccncc3)cc2)n1. The molecular formula is C25H28N6O3. The van der Waals surface area contributed by atoms with Crippen LogP contribution in [0.25, 0.3) is 11.4 Å². The van der Waals surface area contributed by atoms with Gasteiger partial charge in [-0.3, -0.25) is 4.98 Å². The quantitative estimate of drug-likeness (QED) is 0.564. The maximum atomic E-state index is 12.3. The predicted molar refractivity (Wildman–Crippen MR) is 130 cm³/mol. The minimum atomic E-state index is -0.327. The third-order valence-electron chi connectivity index (χ3n) is 5.75. The number of nitrogens with zero attached hydrogens (tertiary/aromatic N) is 4. The van der Waals surface area contributed by atoms with Gasteiger partial charge in [0, 0.05) is 48.5 Å². The molecule has 0 aliphatic carbocycles. The lowest BCUT2D eigenvalue weighted by molar-refractivity contribution is 0.0302. The van der Waals surface area contributed by atoms with Crippen molar-refractivity contribution in [3.05, 3.63) is 54.9 Å². The van der Waals surface area contributed by atoms with Crippen LogP contribution in [0.3, 0.4) is 0 Å². The number of pyridine rings is 1. The Hall–Kier alpha value is -3.72. The summed E-state index contributed by atoms with van der Waals surface area (Å²) in [6.45, 7) is 5.61. The van der Waals surface area contributed by atoms with E-state index >= 15 is 0 Å². The molecule has 2 bridgehead atoms. The molecule has 0 radical (unpaired) electrons. The summed E-state index contributed by atoms with van der Waals surface area (Å²) in [5, 5.41) is 5.60. The van der Waals surface area contributed by atoms with Crippen molar-refractivity contribution in [2.75, 3.05) is 28.6 Å². The molecule has 2 N–H and O–H groups in total. The van der Waals surface area contributed by atoms with Gasteiger partial charge in [0.15, 0.2) is 5.82 Å². The monoisotopic (exact) mass is 460 g/mol. The van der Waals surface area contributed by atoms with Crippen LogP contribution in [0, 0.1) is 0 Å². The van der Waals surface area contributed by atoms with Crippen molar-refractivity contribution in [1.82, 2.24) is 15.0 Å². The molecule has 2 amide bonds. The van der Waals surface area contributed by atoms with E-state index in [1.165, 1.54) is 0 Å². The minimum Gasteiger partial charge on any atom is -0.475 e. The molecule has 2 aliphatic heterocycles. The van der Waals surface area contributed by atoms with Crippen molar-refractivity contribution in [1.29, 1.82) is 0 Å². The highest BCUT2D eigenvalue weighted by molar-refractivity contribution is 5.99. The first-order valence-corrected chi connectivity index (χ1v) is 11.6. The summed E-state index contributed by atoms with van der Waals surface area (Å²) in [7, 11) is 0. The molecule has 2 aliphatic rings. The van der Waals surface area contributed by atoms with Crippen molar-refractivity contribution < 1.29 is 14.3 Å². The van der Waals surface area contributed by atoms with Gasteiger partial charge in [0.2, 0.25) is 5.88 Å². The van der Waals surface area contributed by atoms with Crippen LogP contribution in [0.5, 0.6) is 5.88 Å². The standard InChI is InChI=1S/C25H28N6O3/c1-16(2)33-23-13-22(31-14-20-7-8-21(15-31)34-20)29-24(30-23)17-3-5-18(6-4-17)27-25(32)28-19-9-11-26-12-10-19/h3-6,9-13,16,20-21H,7-8,14-15H2,1-2H3,(H2,26,27,28,32). The number of hydrogen-bond acceptors (Lipinski definition) is 7. The maximum Gasteiger partial charge on any atom is 0.323 e. The smallest absolute Gasteiger partial charge is 0.323 e. The molecular weight excluding hydrogens is 432 g/mol. The Balaban J connectivity index is 1.34. The minimum absolute atomic E-state index is 0.00181. The number of rotatable bonds is 6. The van der Waals surface area contributed by atoms with Gasteiger partial charge >= 0.3 is 6.03 Å². The number of urea groups is 1. The second kappa shape index (κ2) is 9.64. The fraction of sp³-hybridized carbons (Fsp3) is 0.360. The van der Waals surface area contributed by atoms with Crippen molar-refractivity contribution in [2.45, 2.75) is 45.0 Å². The van der Waals surface area contributed by atoms with Crippen LogP contribution in [0.2, 0.25) is 0 Å². The Bertz CT molecular complexity index is 1130. The van der Waals surface area contributed by atoms with Gasteiger partial charge in [0.1, 0.15) is 5.82 Å². The first-order valence-electron chi connectivity index (χ1n) is 11.6. The third-order valence-corrected chi connectivity index (χ3v) is 5.75. The average molecular weight is 461 g/mol. The highest BCUT2D eigenvalue weighted by Gasteiger charge is 2.34. The van der Waals surface area contributed by atoms with Crippen LogP contribution in [0.1, 0.15) is 26.7 Å². The van der Waals surface area contributed by atoms with Crippen LogP contribution in [0.4, 0.5) is 22.0 Å². The summed E-state index contributed by atoms with van der Waals surface area (Å²) < 4.78 is 11.9. The number of carbonyl (C=O) groups is 1. The molecule has 0 spiro atoms. The second-order valence-corrected chi connectivity index (χ2v) is 8.81. The molecule has 2 atom stereocenters. The summed E-state index contributed by atoms with van der Waals surface area (Å²) >= 11 is 0. The predicted octanol–water partition coefficient (Wildman–Crippen LogP) is 4.34. The van der Waals surface area contributed by atoms with E-state index in [0.717, 1.165) is 37.3 Å². The lowest BCUT2D eigenvalue weighted by Gasteiger charge is -2.33. The molecule has 9 heteroatoms. The van der Waals surface area contributed by atoms with Gasteiger partial charge in [-0.25, -0.2) is 9.78 Å². The fourth-order valence-electron chi connectivity index (χ4n) is 4.24. The first kappa shape index (κ1) is 22.1. The van der Waals surface area contributed by atoms with Crippen molar-refractivity contribution in [3.63, 3.8) is 0 Å². The number of fused-ring (bicyclic) bond motifs is 2. The van der Waals surface area contributed by atoms with Crippen molar-refractivity contribution in [2.24, 2.45) is 0 Å². The zero-order valence-electron chi connectivity index (χ0n) is 19.3. The van der Waals surface area contributed by atoms with Gasteiger partial charge in [-0.05, 0) is 63.1 Å². The van der Waals surface area contributed by atoms with Crippen LogP contribution < -0.4 is 20.3 Å². The number of nitrogens with one attached hydrogen (secondary N) is 2. The molecule has 4 heterocycles. The van der Waals surface area contributed by atoms with E-state index in [1.807, 2.05) is 44.2 Å². The van der Waals surface area contributed by atoms with Crippen LogP contribution >= 0.6 is 0 Å². The number of morpholine rings is 1. The fourth-order valence-corrected chi connectivity index (χ4v) is 4.24. The lowest BCUT2D eigenvalue weighted by Crippen LogP contribution is -2.43. The normalized spacial score (nSPS) is 19.2. The molecule has 5 rings (SSSR count). The Morgan fingerprint density at radius 3 is 2.29 bits per heavy atom. The van der Waals surface area contributed by atoms with Gasteiger partial charge in [0.05, 0.1) is 18.3 Å². The van der Waals surface area contributed by atoms with E-state index in [-0.39, 0.29) is 24.3 Å². The molecule has 3 aromatic rings. The largest absolute Gasteiger partial charge is 0.475 e. The first-order chi connectivity index (χ1) is 16.5. The van der Waals surface area contributed by atoms with Crippen LogP contribution in [-0.4, -0.2) is 52.4 Å². The summed E-state index contributed by atoms with van der Waals surface area (Å²) in [5.74, 6) is 1.98. The number of hydrogen-bond donors (Lipinski definition) is 2. The highest BCUT2D eigenvalue weighted by Crippen LogP contribution is 2.31.